The van der Waals surface area contributed by atoms with Crippen LogP contribution in [0.5, 0.6) is 0 Å². The van der Waals surface area contributed by atoms with E-state index in [1.165, 1.54) is 0 Å². The van der Waals surface area contributed by atoms with Crippen LogP contribution in [0.1, 0.15) is 12.0 Å². The molecule has 1 amide bonds. The van der Waals surface area contributed by atoms with E-state index in [0.29, 0.717) is 6.54 Å². The Morgan fingerprint density at radius 2 is 2.12 bits per heavy atom. The first kappa shape index (κ1) is 13.1. The lowest BCUT2D eigenvalue weighted by Gasteiger charge is -2.14. The van der Waals surface area contributed by atoms with Crippen molar-refractivity contribution in [3.8, 4) is 0 Å². The number of primary amides is 1. The molecule has 3 N–H and O–H groups in total. The maximum Gasteiger partial charge on any atom is 0.234 e. The molecule has 1 rings (SSSR count). The number of benzene rings is 1. The van der Waals surface area contributed by atoms with Gasteiger partial charge in [-0.15, -0.1) is 0 Å². The van der Waals surface area contributed by atoms with Crippen molar-refractivity contribution in [2.75, 3.05) is 12.0 Å². The fraction of sp³-hybridized carbons (Fsp3) is 0.417. The summed E-state index contributed by atoms with van der Waals surface area (Å²) in [6.45, 7) is 0.683. The first-order chi connectivity index (χ1) is 7.74. The molecule has 1 aromatic carbocycles. The van der Waals surface area contributed by atoms with E-state index in [1.807, 2.05) is 36.6 Å². The molecular weight excluding hydrogens is 220 g/mol. The van der Waals surface area contributed by atoms with Crippen LogP contribution in [0.15, 0.2) is 30.3 Å². The van der Waals surface area contributed by atoms with Crippen LogP contribution < -0.4 is 11.1 Å². The molecule has 0 bridgehead atoms. The van der Waals surface area contributed by atoms with Crippen molar-refractivity contribution in [1.82, 2.24) is 5.32 Å². The second-order valence-corrected chi connectivity index (χ2v) is 4.59. The van der Waals surface area contributed by atoms with E-state index in [0.717, 1.165) is 17.7 Å². The monoisotopic (exact) mass is 238 g/mol. The minimum Gasteiger partial charge on any atom is -0.368 e. The molecule has 88 valence electrons. The number of hydrogen-bond acceptors (Lipinski definition) is 3. The summed E-state index contributed by atoms with van der Waals surface area (Å²) < 4.78 is 0. The highest BCUT2D eigenvalue weighted by Gasteiger charge is 2.13. The van der Waals surface area contributed by atoms with Gasteiger partial charge in [0.2, 0.25) is 5.91 Å². The number of nitrogens with two attached hydrogens (primary N) is 1. The van der Waals surface area contributed by atoms with Gasteiger partial charge in [0.1, 0.15) is 0 Å². The van der Waals surface area contributed by atoms with Gasteiger partial charge < -0.3 is 11.1 Å². The minimum absolute atomic E-state index is 0.229. The highest BCUT2D eigenvalue weighted by atomic mass is 32.2. The second-order valence-electron chi connectivity index (χ2n) is 3.60. The molecule has 0 unspecified atom stereocenters. The minimum atomic E-state index is -0.273. The highest BCUT2D eigenvalue weighted by molar-refractivity contribution is 7.98. The molecule has 0 saturated carbocycles. The van der Waals surface area contributed by atoms with Gasteiger partial charge in [-0.2, -0.15) is 11.8 Å². The van der Waals surface area contributed by atoms with Gasteiger partial charge >= 0.3 is 0 Å². The first-order valence-corrected chi connectivity index (χ1v) is 6.69. The van der Waals surface area contributed by atoms with Gasteiger partial charge in [-0.3, -0.25) is 4.79 Å². The van der Waals surface area contributed by atoms with Crippen molar-refractivity contribution in [3.05, 3.63) is 35.9 Å². The molecule has 0 aliphatic rings. The lowest BCUT2D eigenvalue weighted by molar-refractivity contribution is -0.120. The molecule has 0 fully saturated rings. The average Bonchev–Trinajstić information content (AvgIpc) is 2.30. The van der Waals surface area contributed by atoms with Crippen LogP contribution in [0.2, 0.25) is 0 Å². The zero-order chi connectivity index (χ0) is 11.8. The van der Waals surface area contributed by atoms with Crippen molar-refractivity contribution in [1.29, 1.82) is 0 Å². The van der Waals surface area contributed by atoms with Crippen LogP contribution in [-0.2, 0) is 11.3 Å². The van der Waals surface area contributed by atoms with Crippen LogP contribution >= 0.6 is 11.8 Å². The highest BCUT2D eigenvalue weighted by Crippen LogP contribution is 2.03. The predicted molar refractivity (Wildman–Crippen MR) is 69.3 cm³/mol. The number of carbonyl (C=O) groups is 1. The summed E-state index contributed by atoms with van der Waals surface area (Å²) in [7, 11) is 0. The Bertz CT molecular complexity index is 316. The Labute approximate surface area is 101 Å². The number of rotatable bonds is 7. The number of hydrogen-bond donors (Lipinski definition) is 2. The maximum absolute atomic E-state index is 11.2. The van der Waals surface area contributed by atoms with E-state index in [-0.39, 0.29) is 11.9 Å². The topological polar surface area (TPSA) is 55.1 Å². The van der Waals surface area contributed by atoms with Crippen molar-refractivity contribution in [2.24, 2.45) is 5.73 Å². The number of thioether (sulfide) groups is 1. The van der Waals surface area contributed by atoms with Crippen molar-refractivity contribution < 1.29 is 4.79 Å². The number of carbonyl (C=O) groups excluding carboxylic acids is 1. The Morgan fingerprint density at radius 3 is 2.69 bits per heavy atom. The zero-order valence-electron chi connectivity index (χ0n) is 9.48. The predicted octanol–water partition coefficient (Wildman–Crippen LogP) is 1.38. The molecule has 0 saturated heterocycles. The van der Waals surface area contributed by atoms with Gasteiger partial charge in [0.15, 0.2) is 0 Å². The van der Waals surface area contributed by atoms with Gasteiger partial charge in [0.05, 0.1) is 6.04 Å². The van der Waals surface area contributed by atoms with Crippen LogP contribution in [0.3, 0.4) is 0 Å². The van der Waals surface area contributed by atoms with Crippen LogP contribution in [0, 0.1) is 0 Å². The Balaban J connectivity index is 2.41. The molecule has 0 radical (unpaired) electrons. The van der Waals surface area contributed by atoms with E-state index >= 15 is 0 Å². The molecule has 1 aromatic rings. The quantitative estimate of drug-likeness (QED) is 0.754. The molecule has 0 heterocycles. The number of amides is 1. The summed E-state index contributed by atoms with van der Waals surface area (Å²) >= 11 is 1.72. The van der Waals surface area contributed by atoms with E-state index in [1.54, 1.807) is 11.8 Å². The van der Waals surface area contributed by atoms with E-state index in [2.05, 4.69) is 5.32 Å². The van der Waals surface area contributed by atoms with Crippen molar-refractivity contribution in [3.63, 3.8) is 0 Å². The molecule has 1 atom stereocenters. The largest absolute Gasteiger partial charge is 0.368 e. The molecule has 0 aliphatic carbocycles. The van der Waals surface area contributed by atoms with Gasteiger partial charge in [0, 0.05) is 6.54 Å². The van der Waals surface area contributed by atoms with E-state index in [9.17, 15) is 4.79 Å². The Hall–Kier alpha value is -1.00. The zero-order valence-corrected chi connectivity index (χ0v) is 10.3. The SMILES string of the molecule is CSCC[C@H](NCc1ccccc1)C(N)=O. The lowest BCUT2D eigenvalue weighted by Crippen LogP contribution is -2.41. The lowest BCUT2D eigenvalue weighted by atomic mass is 10.2. The summed E-state index contributed by atoms with van der Waals surface area (Å²) in [4.78, 5) is 11.2. The molecule has 0 spiro atoms. The summed E-state index contributed by atoms with van der Waals surface area (Å²) in [6, 6.07) is 9.77. The summed E-state index contributed by atoms with van der Waals surface area (Å²) in [5, 5.41) is 3.18. The molecule has 4 heteroatoms. The Kier molecular flexibility index (Phi) is 5.96. The van der Waals surface area contributed by atoms with Crippen molar-refractivity contribution >= 4 is 17.7 Å². The molecular formula is C12H18N2OS. The van der Waals surface area contributed by atoms with Gasteiger partial charge in [-0.25, -0.2) is 0 Å². The van der Waals surface area contributed by atoms with Crippen LogP contribution in [0.4, 0.5) is 0 Å². The van der Waals surface area contributed by atoms with Gasteiger partial charge in [0.25, 0.3) is 0 Å². The van der Waals surface area contributed by atoms with Crippen LogP contribution in [-0.4, -0.2) is 24.0 Å². The van der Waals surface area contributed by atoms with Crippen LogP contribution in [0.25, 0.3) is 0 Å². The second kappa shape index (κ2) is 7.30. The smallest absolute Gasteiger partial charge is 0.234 e. The molecule has 0 aliphatic heterocycles. The number of nitrogens with one attached hydrogen (secondary N) is 1. The summed E-state index contributed by atoms with van der Waals surface area (Å²) in [5.41, 5.74) is 6.50. The first-order valence-electron chi connectivity index (χ1n) is 5.29. The Morgan fingerprint density at radius 1 is 1.44 bits per heavy atom. The molecule has 0 aromatic heterocycles. The third kappa shape index (κ3) is 4.68. The summed E-state index contributed by atoms with van der Waals surface area (Å²) in [6.07, 6.45) is 2.80. The third-order valence-corrected chi connectivity index (χ3v) is 2.99. The average molecular weight is 238 g/mol. The normalized spacial score (nSPS) is 12.3. The standard InChI is InChI=1S/C12H18N2OS/c1-16-8-7-11(12(13)15)14-9-10-5-3-2-4-6-10/h2-6,11,14H,7-9H2,1H3,(H2,13,15)/t11-/m0/s1. The van der Waals surface area contributed by atoms with Gasteiger partial charge in [-0.1, -0.05) is 30.3 Å². The van der Waals surface area contributed by atoms with Gasteiger partial charge in [-0.05, 0) is 24.0 Å². The van der Waals surface area contributed by atoms with Crippen molar-refractivity contribution in [2.45, 2.75) is 19.0 Å². The van der Waals surface area contributed by atoms with E-state index in [4.69, 9.17) is 5.73 Å². The van der Waals surface area contributed by atoms with E-state index < -0.39 is 0 Å². The third-order valence-electron chi connectivity index (χ3n) is 2.35. The summed E-state index contributed by atoms with van der Waals surface area (Å²) in [5.74, 6) is 0.667. The maximum atomic E-state index is 11.2. The fourth-order valence-corrected chi connectivity index (χ4v) is 1.89. The molecule has 16 heavy (non-hydrogen) atoms. The molecule has 3 nitrogen and oxygen atoms in total. The fourth-order valence-electron chi connectivity index (χ4n) is 1.42.